The molecule has 0 fully saturated rings. The second kappa shape index (κ2) is 11.1. The van der Waals surface area contributed by atoms with Gasteiger partial charge in [0.15, 0.2) is 13.2 Å². The van der Waals surface area contributed by atoms with E-state index in [0.29, 0.717) is 12.2 Å². The van der Waals surface area contributed by atoms with Gasteiger partial charge < -0.3 is 19.5 Å². The lowest BCUT2D eigenvalue weighted by molar-refractivity contribution is -0.151. The number of aryl methyl sites for hydroxylation is 1. The molecule has 0 aliphatic heterocycles. The normalized spacial score (nSPS) is 11.6. The van der Waals surface area contributed by atoms with Crippen LogP contribution in [0.15, 0.2) is 24.3 Å². The number of hydrogen-bond acceptors (Lipinski definition) is 6. The second-order valence-corrected chi connectivity index (χ2v) is 6.22. The molecule has 0 spiro atoms. The van der Waals surface area contributed by atoms with E-state index in [1.165, 1.54) is 7.11 Å². The van der Waals surface area contributed by atoms with Crippen LogP contribution in [0.25, 0.3) is 0 Å². The zero-order valence-corrected chi connectivity index (χ0v) is 15.7. The molecule has 144 valence electrons. The summed E-state index contributed by atoms with van der Waals surface area (Å²) in [6.07, 6.45) is 1.35. The lowest BCUT2D eigenvalue weighted by atomic mass is 10.0. The molecular formula is C19H27NO6. The van der Waals surface area contributed by atoms with Crippen LogP contribution in [0.5, 0.6) is 5.75 Å². The molecule has 26 heavy (non-hydrogen) atoms. The summed E-state index contributed by atoms with van der Waals surface area (Å²) >= 11 is 0. The molecule has 0 aromatic heterocycles. The fourth-order valence-corrected chi connectivity index (χ4v) is 2.22. The van der Waals surface area contributed by atoms with Crippen molar-refractivity contribution in [1.29, 1.82) is 0 Å². The Morgan fingerprint density at radius 1 is 1.08 bits per heavy atom. The third-order valence-electron chi connectivity index (χ3n) is 3.58. The van der Waals surface area contributed by atoms with Crippen LogP contribution in [0, 0.1) is 5.92 Å². The largest absolute Gasteiger partial charge is 0.482 e. The Kier molecular flexibility index (Phi) is 9.19. The standard InChI is InChI=1S/C19H27NO6/c1-5-14-6-8-15(9-7-14)25-12-18(22)26-11-17(21)20-16(10-13(2)3)19(23)24-4/h6-9,13,16H,5,10-12H2,1-4H3,(H,20,21). The minimum Gasteiger partial charge on any atom is -0.482 e. The summed E-state index contributed by atoms with van der Waals surface area (Å²) in [7, 11) is 1.26. The van der Waals surface area contributed by atoms with E-state index in [4.69, 9.17) is 9.47 Å². The average molecular weight is 365 g/mol. The molecular weight excluding hydrogens is 338 g/mol. The minimum atomic E-state index is -0.764. The van der Waals surface area contributed by atoms with Gasteiger partial charge in [0.1, 0.15) is 11.8 Å². The van der Waals surface area contributed by atoms with Crippen molar-refractivity contribution in [2.75, 3.05) is 20.3 Å². The number of ether oxygens (including phenoxy) is 3. The zero-order chi connectivity index (χ0) is 19.5. The number of rotatable bonds is 10. The van der Waals surface area contributed by atoms with Crippen molar-refractivity contribution in [1.82, 2.24) is 5.32 Å². The smallest absolute Gasteiger partial charge is 0.344 e. The Morgan fingerprint density at radius 2 is 1.73 bits per heavy atom. The first kappa shape index (κ1) is 21.5. The number of carbonyl (C=O) groups excluding carboxylic acids is 3. The van der Waals surface area contributed by atoms with Gasteiger partial charge >= 0.3 is 11.9 Å². The minimum absolute atomic E-state index is 0.189. The molecule has 1 rings (SSSR count). The first-order valence-corrected chi connectivity index (χ1v) is 8.60. The number of nitrogens with one attached hydrogen (secondary N) is 1. The topological polar surface area (TPSA) is 90.9 Å². The predicted octanol–water partition coefficient (Wildman–Crippen LogP) is 1.87. The van der Waals surface area contributed by atoms with Crippen LogP contribution in [0.2, 0.25) is 0 Å². The van der Waals surface area contributed by atoms with Gasteiger partial charge in [-0.25, -0.2) is 9.59 Å². The molecule has 0 saturated heterocycles. The van der Waals surface area contributed by atoms with Crippen molar-refractivity contribution < 1.29 is 28.6 Å². The van der Waals surface area contributed by atoms with Gasteiger partial charge in [0.2, 0.25) is 0 Å². The van der Waals surface area contributed by atoms with Gasteiger partial charge in [-0.2, -0.15) is 0 Å². The molecule has 1 atom stereocenters. The van der Waals surface area contributed by atoms with E-state index in [0.717, 1.165) is 12.0 Å². The van der Waals surface area contributed by atoms with Gasteiger partial charge in [0, 0.05) is 0 Å². The Morgan fingerprint density at radius 3 is 2.27 bits per heavy atom. The number of methoxy groups -OCH3 is 1. The maximum atomic E-state index is 11.9. The number of esters is 2. The third-order valence-corrected chi connectivity index (χ3v) is 3.58. The average Bonchev–Trinajstić information content (AvgIpc) is 2.63. The van der Waals surface area contributed by atoms with Crippen molar-refractivity contribution in [2.24, 2.45) is 5.92 Å². The monoisotopic (exact) mass is 365 g/mol. The molecule has 1 amide bonds. The SMILES string of the molecule is CCc1ccc(OCC(=O)OCC(=O)NC(CC(C)C)C(=O)OC)cc1. The highest BCUT2D eigenvalue weighted by Gasteiger charge is 2.23. The van der Waals surface area contributed by atoms with E-state index >= 15 is 0 Å². The van der Waals surface area contributed by atoms with Gasteiger partial charge in [-0.05, 0) is 36.5 Å². The van der Waals surface area contributed by atoms with Gasteiger partial charge in [-0.3, -0.25) is 4.79 Å². The van der Waals surface area contributed by atoms with Crippen molar-refractivity contribution >= 4 is 17.8 Å². The van der Waals surface area contributed by atoms with Crippen LogP contribution in [-0.4, -0.2) is 44.2 Å². The number of carbonyl (C=O) groups is 3. The Bertz CT molecular complexity index is 597. The van der Waals surface area contributed by atoms with Crippen LogP contribution >= 0.6 is 0 Å². The van der Waals surface area contributed by atoms with E-state index in [9.17, 15) is 14.4 Å². The summed E-state index contributed by atoms with van der Waals surface area (Å²) in [6, 6.07) is 6.60. The lowest BCUT2D eigenvalue weighted by Gasteiger charge is -2.18. The molecule has 0 aliphatic rings. The third kappa shape index (κ3) is 8.00. The first-order chi connectivity index (χ1) is 12.3. The highest BCUT2D eigenvalue weighted by molar-refractivity contribution is 5.86. The molecule has 1 N–H and O–H groups in total. The molecule has 7 heteroatoms. The van der Waals surface area contributed by atoms with Crippen molar-refractivity contribution in [2.45, 2.75) is 39.7 Å². The van der Waals surface area contributed by atoms with Crippen molar-refractivity contribution in [3.63, 3.8) is 0 Å². The highest BCUT2D eigenvalue weighted by atomic mass is 16.6. The first-order valence-electron chi connectivity index (χ1n) is 8.60. The van der Waals surface area contributed by atoms with Gasteiger partial charge in [0.25, 0.3) is 5.91 Å². The Hall–Kier alpha value is -2.57. The van der Waals surface area contributed by atoms with Crippen LogP contribution in [0.1, 0.15) is 32.8 Å². The number of hydrogen-bond donors (Lipinski definition) is 1. The number of amides is 1. The van der Waals surface area contributed by atoms with Crippen LogP contribution < -0.4 is 10.1 Å². The Balaban J connectivity index is 2.37. The van der Waals surface area contributed by atoms with E-state index in [1.54, 1.807) is 12.1 Å². The fourth-order valence-electron chi connectivity index (χ4n) is 2.22. The zero-order valence-electron chi connectivity index (χ0n) is 15.7. The van der Waals surface area contributed by atoms with Gasteiger partial charge in [-0.15, -0.1) is 0 Å². The van der Waals surface area contributed by atoms with Crippen LogP contribution in [0.4, 0.5) is 0 Å². The summed E-state index contributed by atoms with van der Waals surface area (Å²) in [5.74, 6) is -1.03. The molecule has 1 unspecified atom stereocenters. The molecule has 0 saturated carbocycles. The molecule has 0 aliphatic carbocycles. The maximum absolute atomic E-state index is 11.9. The van der Waals surface area contributed by atoms with Crippen molar-refractivity contribution in [3.8, 4) is 5.75 Å². The quantitative estimate of drug-likeness (QED) is 0.637. The van der Waals surface area contributed by atoms with E-state index in [2.05, 4.69) is 10.1 Å². The van der Waals surface area contributed by atoms with E-state index in [1.807, 2.05) is 32.9 Å². The summed E-state index contributed by atoms with van der Waals surface area (Å²) in [4.78, 5) is 35.2. The highest BCUT2D eigenvalue weighted by Crippen LogP contribution is 2.12. The maximum Gasteiger partial charge on any atom is 0.344 e. The summed E-state index contributed by atoms with van der Waals surface area (Å²) < 4.78 is 14.8. The van der Waals surface area contributed by atoms with E-state index < -0.39 is 30.5 Å². The molecule has 1 aromatic rings. The molecule has 0 bridgehead atoms. The van der Waals surface area contributed by atoms with Gasteiger partial charge in [-0.1, -0.05) is 32.9 Å². The lowest BCUT2D eigenvalue weighted by Crippen LogP contribution is -2.44. The van der Waals surface area contributed by atoms with Gasteiger partial charge in [0.05, 0.1) is 7.11 Å². The van der Waals surface area contributed by atoms with Crippen molar-refractivity contribution in [3.05, 3.63) is 29.8 Å². The molecule has 7 nitrogen and oxygen atoms in total. The summed E-state index contributed by atoms with van der Waals surface area (Å²) in [5, 5.41) is 2.51. The predicted molar refractivity (Wildman–Crippen MR) is 95.7 cm³/mol. The summed E-state index contributed by atoms with van der Waals surface area (Å²) in [5.41, 5.74) is 1.16. The van der Waals surface area contributed by atoms with E-state index in [-0.39, 0.29) is 12.5 Å². The molecule has 0 heterocycles. The van der Waals surface area contributed by atoms with Crippen LogP contribution in [0.3, 0.4) is 0 Å². The second-order valence-electron chi connectivity index (χ2n) is 6.22. The Labute approximate surface area is 154 Å². The van der Waals surface area contributed by atoms with Crippen LogP contribution in [-0.2, 0) is 30.3 Å². The summed E-state index contributed by atoms with van der Waals surface area (Å²) in [6.45, 7) is 5.11. The molecule has 1 aromatic carbocycles. The molecule has 0 radical (unpaired) electrons. The number of benzene rings is 1. The fraction of sp³-hybridized carbons (Fsp3) is 0.526.